The average molecular weight is 353 g/mol. The second-order valence-corrected chi connectivity index (χ2v) is 6.36. The fourth-order valence-electron chi connectivity index (χ4n) is 3.57. The fraction of sp³-hybridized carbons (Fsp3) is 0.562. The molecule has 4 heterocycles. The van der Waals surface area contributed by atoms with Crippen LogP contribution >= 0.6 is 12.4 Å². The first-order valence-corrected chi connectivity index (χ1v) is 8.24. The minimum absolute atomic E-state index is 0. The maximum atomic E-state index is 13.2. The van der Waals surface area contributed by atoms with E-state index >= 15 is 0 Å². The third-order valence-corrected chi connectivity index (χ3v) is 4.77. The standard InChI is InChI=1S/C16H21FN6.ClH/c17-14-7-12(8-19-9-14)11-22-4-1-13(2-5-22)16-21-20-15-10-18-3-6-23(15)16;/h7-9,13,18H,1-6,10-11H2;1H. The number of nitrogens with one attached hydrogen (secondary N) is 1. The minimum Gasteiger partial charge on any atom is -0.312 e. The number of aromatic nitrogens is 4. The Morgan fingerprint density at radius 1 is 1.17 bits per heavy atom. The van der Waals surface area contributed by atoms with Crippen molar-refractivity contribution in [1.29, 1.82) is 0 Å². The van der Waals surface area contributed by atoms with Crippen LogP contribution in [0.2, 0.25) is 0 Å². The summed E-state index contributed by atoms with van der Waals surface area (Å²) in [6.45, 7) is 5.54. The van der Waals surface area contributed by atoms with E-state index in [-0.39, 0.29) is 18.2 Å². The lowest BCUT2D eigenvalue weighted by Gasteiger charge is -2.32. The van der Waals surface area contributed by atoms with Gasteiger partial charge < -0.3 is 9.88 Å². The van der Waals surface area contributed by atoms with Crippen molar-refractivity contribution < 1.29 is 4.39 Å². The molecule has 1 saturated heterocycles. The van der Waals surface area contributed by atoms with E-state index in [1.54, 1.807) is 12.3 Å². The van der Waals surface area contributed by atoms with Crippen LogP contribution in [-0.4, -0.2) is 44.3 Å². The number of hydrogen-bond acceptors (Lipinski definition) is 5. The van der Waals surface area contributed by atoms with Crippen LogP contribution in [-0.2, 0) is 19.6 Å². The number of fused-ring (bicyclic) bond motifs is 1. The molecule has 2 aromatic rings. The van der Waals surface area contributed by atoms with Gasteiger partial charge in [-0.15, -0.1) is 22.6 Å². The van der Waals surface area contributed by atoms with Gasteiger partial charge in [-0.2, -0.15) is 0 Å². The van der Waals surface area contributed by atoms with Crippen molar-refractivity contribution >= 4 is 12.4 Å². The average Bonchev–Trinajstić information content (AvgIpc) is 3.00. The van der Waals surface area contributed by atoms with Crippen LogP contribution in [0.25, 0.3) is 0 Å². The largest absolute Gasteiger partial charge is 0.312 e. The molecule has 0 unspecified atom stereocenters. The first-order chi connectivity index (χ1) is 11.3. The smallest absolute Gasteiger partial charge is 0.147 e. The molecule has 0 spiro atoms. The van der Waals surface area contributed by atoms with Crippen molar-refractivity contribution in [3.63, 3.8) is 0 Å². The van der Waals surface area contributed by atoms with E-state index in [0.29, 0.717) is 5.92 Å². The molecule has 0 bridgehead atoms. The highest BCUT2D eigenvalue weighted by Gasteiger charge is 2.27. The summed E-state index contributed by atoms with van der Waals surface area (Å²) in [4.78, 5) is 6.29. The molecular weight excluding hydrogens is 331 g/mol. The molecular formula is C16H22ClFN6. The minimum atomic E-state index is -0.263. The molecule has 24 heavy (non-hydrogen) atoms. The van der Waals surface area contributed by atoms with Gasteiger partial charge in [0.25, 0.3) is 0 Å². The molecule has 8 heteroatoms. The number of piperidine rings is 1. The summed E-state index contributed by atoms with van der Waals surface area (Å²) in [5.74, 6) is 2.42. The lowest BCUT2D eigenvalue weighted by Crippen LogP contribution is -2.34. The summed E-state index contributed by atoms with van der Waals surface area (Å²) < 4.78 is 15.5. The Bertz CT molecular complexity index is 683. The molecule has 0 radical (unpaired) electrons. The summed E-state index contributed by atoms with van der Waals surface area (Å²) in [6, 6.07) is 1.57. The van der Waals surface area contributed by atoms with E-state index < -0.39 is 0 Å². The third kappa shape index (κ3) is 3.58. The summed E-state index contributed by atoms with van der Waals surface area (Å²) in [5, 5.41) is 12.1. The van der Waals surface area contributed by atoms with Gasteiger partial charge in [0.15, 0.2) is 0 Å². The van der Waals surface area contributed by atoms with Crippen LogP contribution in [0.3, 0.4) is 0 Å². The highest BCUT2D eigenvalue weighted by molar-refractivity contribution is 5.85. The van der Waals surface area contributed by atoms with Crippen LogP contribution in [0.4, 0.5) is 4.39 Å². The second-order valence-electron chi connectivity index (χ2n) is 6.36. The summed E-state index contributed by atoms with van der Waals surface area (Å²) in [7, 11) is 0. The molecule has 0 atom stereocenters. The van der Waals surface area contributed by atoms with Gasteiger partial charge in [-0.3, -0.25) is 9.88 Å². The first kappa shape index (κ1) is 17.3. The highest BCUT2D eigenvalue weighted by atomic mass is 35.5. The van der Waals surface area contributed by atoms with Crippen molar-refractivity contribution in [2.45, 2.75) is 38.4 Å². The number of hydrogen-bond donors (Lipinski definition) is 1. The Labute approximate surface area is 146 Å². The first-order valence-electron chi connectivity index (χ1n) is 8.24. The molecule has 2 aliphatic rings. The Hall–Kier alpha value is -1.57. The maximum Gasteiger partial charge on any atom is 0.147 e. The molecule has 2 aliphatic heterocycles. The maximum absolute atomic E-state index is 13.2. The summed E-state index contributed by atoms with van der Waals surface area (Å²) in [6.07, 6.45) is 5.15. The normalized spacial score (nSPS) is 18.9. The van der Waals surface area contributed by atoms with Crippen molar-refractivity contribution in [2.75, 3.05) is 19.6 Å². The lowest BCUT2D eigenvalue weighted by atomic mass is 9.95. The predicted molar refractivity (Wildman–Crippen MR) is 90.4 cm³/mol. The summed E-state index contributed by atoms with van der Waals surface area (Å²) >= 11 is 0. The Morgan fingerprint density at radius 3 is 2.79 bits per heavy atom. The molecule has 0 saturated carbocycles. The number of pyridine rings is 1. The lowest BCUT2D eigenvalue weighted by molar-refractivity contribution is 0.199. The highest BCUT2D eigenvalue weighted by Crippen LogP contribution is 2.28. The van der Waals surface area contributed by atoms with Crippen LogP contribution in [0.1, 0.15) is 36.0 Å². The van der Waals surface area contributed by atoms with Gasteiger partial charge in [0.2, 0.25) is 0 Å². The van der Waals surface area contributed by atoms with E-state index in [1.165, 1.54) is 6.20 Å². The van der Waals surface area contributed by atoms with Gasteiger partial charge in [0.05, 0.1) is 12.7 Å². The molecule has 6 nitrogen and oxygen atoms in total. The second kappa shape index (κ2) is 7.55. The van der Waals surface area contributed by atoms with Crippen molar-refractivity contribution in [3.05, 3.63) is 41.5 Å². The van der Waals surface area contributed by atoms with Gasteiger partial charge >= 0.3 is 0 Å². The number of halogens is 2. The Morgan fingerprint density at radius 2 is 2.00 bits per heavy atom. The van der Waals surface area contributed by atoms with Gasteiger partial charge in [-0.25, -0.2) is 4.39 Å². The Balaban J connectivity index is 0.00000169. The van der Waals surface area contributed by atoms with E-state index in [9.17, 15) is 4.39 Å². The number of rotatable bonds is 3. The molecule has 0 aromatic carbocycles. The zero-order chi connectivity index (χ0) is 15.6. The van der Waals surface area contributed by atoms with Crippen LogP contribution in [0.5, 0.6) is 0 Å². The van der Waals surface area contributed by atoms with E-state index in [4.69, 9.17) is 0 Å². The molecule has 2 aromatic heterocycles. The van der Waals surface area contributed by atoms with E-state index in [1.807, 2.05) is 0 Å². The van der Waals surface area contributed by atoms with Crippen molar-refractivity contribution in [1.82, 2.24) is 30.0 Å². The van der Waals surface area contributed by atoms with Gasteiger partial charge in [-0.1, -0.05) is 0 Å². The topological polar surface area (TPSA) is 58.9 Å². The monoisotopic (exact) mass is 352 g/mol. The van der Waals surface area contributed by atoms with E-state index in [2.05, 4.69) is 30.0 Å². The van der Waals surface area contributed by atoms with E-state index in [0.717, 1.165) is 69.3 Å². The molecule has 130 valence electrons. The molecule has 4 rings (SSSR count). The zero-order valence-electron chi connectivity index (χ0n) is 13.5. The molecule has 0 amide bonds. The Kier molecular flexibility index (Phi) is 5.43. The number of nitrogens with zero attached hydrogens (tertiary/aromatic N) is 5. The number of likely N-dealkylation sites (tertiary alicyclic amines) is 1. The zero-order valence-corrected chi connectivity index (χ0v) is 14.3. The van der Waals surface area contributed by atoms with Crippen molar-refractivity contribution in [2.24, 2.45) is 0 Å². The molecule has 1 fully saturated rings. The molecule has 1 N–H and O–H groups in total. The van der Waals surface area contributed by atoms with Gasteiger partial charge in [0, 0.05) is 31.7 Å². The van der Waals surface area contributed by atoms with Gasteiger partial charge in [0.1, 0.15) is 17.5 Å². The third-order valence-electron chi connectivity index (χ3n) is 4.77. The van der Waals surface area contributed by atoms with Crippen LogP contribution in [0.15, 0.2) is 18.5 Å². The molecule has 0 aliphatic carbocycles. The van der Waals surface area contributed by atoms with Crippen molar-refractivity contribution in [3.8, 4) is 0 Å². The SMILES string of the molecule is Cl.Fc1cncc(CN2CCC(c3nnc4n3CCNC4)CC2)c1. The fourth-order valence-corrected chi connectivity index (χ4v) is 3.57. The summed E-state index contributed by atoms with van der Waals surface area (Å²) in [5.41, 5.74) is 0.939. The predicted octanol–water partition coefficient (Wildman–Crippen LogP) is 1.72. The van der Waals surface area contributed by atoms with Gasteiger partial charge in [-0.05, 0) is 37.6 Å². The van der Waals surface area contributed by atoms with Crippen LogP contribution < -0.4 is 5.32 Å². The van der Waals surface area contributed by atoms with Crippen LogP contribution in [0, 0.1) is 5.82 Å². The quantitative estimate of drug-likeness (QED) is 0.911.